The Hall–Kier alpha value is -3.70. The van der Waals surface area contributed by atoms with Crippen molar-refractivity contribution in [3.8, 4) is 5.75 Å². The van der Waals surface area contributed by atoms with Gasteiger partial charge in [0.25, 0.3) is 5.91 Å². The molecular formula is C29H35ClN8O3. The first-order valence-electron chi connectivity index (χ1n) is 14.3. The van der Waals surface area contributed by atoms with E-state index in [9.17, 15) is 9.90 Å². The Labute approximate surface area is 244 Å². The van der Waals surface area contributed by atoms with Crippen LogP contribution < -0.4 is 14.5 Å². The fourth-order valence-electron chi connectivity index (χ4n) is 6.24. The zero-order chi connectivity index (χ0) is 28.2. The lowest BCUT2D eigenvalue weighted by Crippen LogP contribution is -2.51. The number of piperidine rings is 1. The number of ether oxygens (including phenoxy) is 1. The van der Waals surface area contributed by atoms with Gasteiger partial charge in [0.1, 0.15) is 30.2 Å². The van der Waals surface area contributed by atoms with Crippen molar-refractivity contribution in [2.24, 2.45) is 0 Å². The van der Waals surface area contributed by atoms with Crippen LogP contribution in [0.4, 0.5) is 11.6 Å². The summed E-state index contributed by atoms with van der Waals surface area (Å²) in [4.78, 5) is 29.7. The number of likely N-dealkylation sites (N-methyl/N-ethyl adjacent to an activating group) is 2. The van der Waals surface area contributed by atoms with Crippen LogP contribution in [0.1, 0.15) is 41.4 Å². The van der Waals surface area contributed by atoms with E-state index in [0.29, 0.717) is 42.6 Å². The Kier molecular flexibility index (Phi) is 6.58. The first-order valence-corrected chi connectivity index (χ1v) is 14.7. The van der Waals surface area contributed by atoms with Crippen LogP contribution in [0.15, 0.2) is 42.7 Å². The largest absolute Gasteiger partial charge is 0.489 e. The highest BCUT2D eigenvalue weighted by Gasteiger charge is 2.34. The van der Waals surface area contributed by atoms with Crippen molar-refractivity contribution in [2.45, 2.75) is 37.6 Å². The number of benzene rings is 1. The maximum absolute atomic E-state index is 14.2. The first-order chi connectivity index (χ1) is 19.9. The molecule has 3 aromatic rings. The predicted molar refractivity (Wildman–Crippen MR) is 156 cm³/mol. The van der Waals surface area contributed by atoms with Crippen LogP contribution in [-0.4, -0.2) is 106 Å². The van der Waals surface area contributed by atoms with E-state index in [4.69, 9.17) is 26.4 Å². The van der Waals surface area contributed by atoms with Crippen molar-refractivity contribution in [3.05, 3.63) is 59.0 Å². The molecule has 1 N–H and O–H groups in total. The maximum Gasteiger partial charge on any atom is 0.258 e. The smallest absolute Gasteiger partial charge is 0.258 e. The van der Waals surface area contributed by atoms with Gasteiger partial charge in [-0.1, -0.05) is 11.6 Å². The summed E-state index contributed by atoms with van der Waals surface area (Å²) in [5.74, 6) is 2.17. The van der Waals surface area contributed by atoms with Crippen LogP contribution in [0, 0.1) is 0 Å². The molecule has 41 heavy (non-hydrogen) atoms. The molecule has 4 aliphatic heterocycles. The van der Waals surface area contributed by atoms with E-state index >= 15 is 0 Å². The molecule has 216 valence electrons. The van der Waals surface area contributed by atoms with Gasteiger partial charge in [-0.05, 0) is 37.5 Å². The lowest BCUT2D eigenvalue weighted by Gasteiger charge is -2.37. The standard InChI is InChI=1S/C29H35ClN8O3/c1-33-9-11-35-12-10-34(2)28(35)18-41-24-7-6-19(30)13-21(24)29(40)37-8-4-3-5-23(37)22-14-26-31-25(36-16-20(39)17-36)15-27(33)38(26)32-22/h6-7,10,12-15,20,23,28,39H,3-5,8-9,11,16-18H2,1-2H3/t23-,28?/m0/s1. The molecular weight excluding hydrogens is 544 g/mol. The minimum Gasteiger partial charge on any atom is -0.489 e. The van der Waals surface area contributed by atoms with E-state index in [2.05, 4.69) is 32.8 Å². The molecule has 2 fully saturated rings. The average Bonchev–Trinajstić information content (AvgIpc) is 3.55. The molecule has 2 saturated heterocycles. The molecule has 0 aliphatic carbocycles. The summed E-state index contributed by atoms with van der Waals surface area (Å²) in [6.45, 7) is 3.64. The van der Waals surface area contributed by atoms with Crippen LogP contribution in [0.5, 0.6) is 5.75 Å². The molecule has 0 saturated carbocycles. The highest BCUT2D eigenvalue weighted by atomic mass is 35.5. The Morgan fingerprint density at radius 3 is 2.73 bits per heavy atom. The van der Waals surface area contributed by atoms with Crippen molar-refractivity contribution in [1.29, 1.82) is 0 Å². The molecule has 0 radical (unpaired) electrons. The second-order valence-electron chi connectivity index (χ2n) is 11.4. The highest BCUT2D eigenvalue weighted by molar-refractivity contribution is 6.31. The number of anilines is 2. The second kappa shape index (κ2) is 10.3. The summed E-state index contributed by atoms with van der Waals surface area (Å²) in [7, 11) is 4.10. The molecule has 11 nitrogen and oxygen atoms in total. The summed E-state index contributed by atoms with van der Waals surface area (Å²) in [5, 5.41) is 15.5. The molecule has 0 spiro atoms. The average molecular weight is 579 g/mol. The molecule has 1 amide bonds. The summed E-state index contributed by atoms with van der Waals surface area (Å²) in [6, 6.07) is 9.16. The number of carbonyl (C=O) groups is 1. The van der Waals surface area contributed by atoms with Crippen LogP contribution in [0.2, 0.25) is 5.02 Å². The third kappa shape index (κ3) is 4.70. The Balaban J connectivity index is 1.35. The van der Waals surface area contributed by atoms with Gasteiger partial charge >= 0.3 is 0 Å². The van der Waals surface area contributed by atoms with Gasteiger partial charge < -0.3 is 34.3 Å². The Bertz CT molecular complexity index is 1500. The minimum atomic E-state index is -0.333. The van der Waals surface area contributed by atoms with Gasteiger partial charge in [0.05, 0.1) is 23.4 Å². The lowest BCUT2D eigenvalue weighted by molar-refractivity contribution is 0.0595. The van der Waals surface area contributed by atoms with Crippen LogP contribution in [0.25, 0.3) is 5.65 Å². The van der Waals surface area contributed by atoms with Crippen LogP contribution in [0.3, 0.4) is 0 Å². The molecule has 12 heteroatoms. The number of aliphatic hydroxyl groups is 1. The van der Waals surface area contributed by atoms with Gasteiger partial charge in [0.2, 0.25) is 0 Å². The van der Waals surface area contributed by atoms with E-state index in [-0.39, 0.29) is 24.2 Å². The number of aromatic nitrogens is 3. The SMILES string of the molecule is CN1CCN2C=CN(C)C2COc2ccc(Cl)cc2C(=O)N2CCCC[C@H]2c2cc3nc(N4CC(O)C4)cc1n3n2. The van der Waals surface area contributed by atoms with E-state index < -0.39 is 0 Å². The minimum absolute atomic E-state index is 0.0235. The normalized spacial score (nSPS) is 23.5. The fraction of sp³-hybridized carbons (Fsp3) is 0.483. The highest BCUT2D eigenvalue weighted by Crippen LogP contribution is 2.36. The van der Waals surface area contributed by atoms with Gasteiger partial charge in [-0.15, -0.1) is 0 Å². The Morgan fingerprint density at radius 1 is 1.05 bits per heavy atom. The molecule has 2 bridgehead atoms. The molecule has 7 rings (SSSR count). The number of rotatable bonds is 1. The number of hydrogen-bond acceptors (Lipinski definition) is 9. The first kappa shape index (κ1) is 26.2. The predicted octanol–water partition coefficient (Wildman–Crippen LogP) is 2.80. The zero-order valence-electron chi connectivity index (χ0n) is 23.4. The van der Waals surface area contributed by atoms with Crippen molar-refractivity contribution < 1.29 is 14.6 Å². The lowest BCUT2D eigenvalue weighted by atomic mass is 9.98. The third-order valence-corrected chi connectivity index (χ3v) is 8.93. The summed E-state index contributed by atoms with van der Waals surface area (Å²) < 4.78 is 8.25. The number of hydrogen-bond donors (Lipinski definition) is 1. The van der Waals surface area contributed by atoms with E-state index in [1.807, 2.05) is 34.8 Å². The number of aliphatic hydroxyl groups excluding tert-OH is 1. The fourth-order valence-corrected chi connectivity index (χ4v) is 6.41. The molecule has 2 atom stereocenters. The molecule has 1 unspecified atom stereocenters. The Morgan fingerprint density at radius 2 is 1.90 bits per heavy atom. The third-order valence-electron chi connectivity index (χ3n) is 8.70. The van der Waals surface area contributed by atoms with Gasteiger partial charge in [0.15, 0.2) is 5.65 Å². The molecule has 2 aromatic heterocycles. The summed E-state index contributed by atoms with van der Waals surface area (Å²) in [6.07, 6.45) is 6.52. The molecule has 4 aliphatic rings. The number of amides is 1. The summed E-state index contributed by atoms with van der Waals surface area (Å²) in [5.41, 5.74) is 2.02. The molecule has 1 aromatic carbocycles. The quantitative estimate of drug-likeness (QED) is 0.468. The summed E-state index contributed by atoms with van der Waals surface area (Å²) >= 11 is 6.41. The van der Waals surface area contributed by atoms with Gasteiger partial charge in [-0.2, -0.15) is 9.61 Å². The zero-order valence-corrected chi connectivity index (χ0v) is 24.1. The van der Waals surface area contributed by atoms with Crippen molar-refractivity contribution in [3.63, 3.8) is 0 Å². The maximum atomic E-state index is 14.2. The van der Waals surface area contributed by atoms with Crippen LogP contribution >= 0.6 is 11.6 Å². The number of β-amino-alcohol motifs (C(OH)–C–C–N with tert-alkyl or cyclic N) is 1. The monoisotopic (exact) mass is 578 g/mol. The van der Waals surface area contributed by atoms with Gasteiger partial charge in [0, 0.05) is 76.4 Å². The van der Waals surface area contributed by atoms with Crippen LogP contribution in [-0.2, 0) is 0 Å². The van der Waals surface area contributed by atoms with Gasteiger partial charge in [-0.25, -0.2) is 4.98 Å². The van der Waals surface area contributed by atoms with E-state index in [1.165, 1.54) is 0 Å². The topological polar surface area (TPSA) is 92.9 Å². The molecule has 6 heterocycles. The van der Waals surface area contributed by atoms with E-state index in [0.717, 1.165) is 55.3 Å². The van der Waals surface area contributed by atoms with Crippen molar-refractivity contribution >= 4 is 34.8 Å². The van der Waals surface area contributed by atoms with E-state index in [1.54, 1.807) is 18.2 Å². The number of fused-ring (bicyclic) bond motifs is 5. The number of nitrogens with zero attached hydrogens (tertiary/aromatic N) is 8. The number of carbonyl (C=O) groups excluding carboxylic acids is 1. The van der Waals surface area contributed by atoms with Crippen molar-refractivity contribution in [1.82, 2.24) is 29.3 Å². The van der Waals surface area contributed by atoms with Gasteiger partial charge in [-0.3, -0.25) is 4.79 Å². The number of halogens is 1. The van der Waals surface area contributed by atoms with Crippen molar-refractivity contribution in [2.75, 3.05) is 63.2 Å². The second-order valence-corrected chi connectivity index (χ2v) is 11.9.